The summed E-state index contributed by atoms with van der Waals surface area (Å²) in [6.45, 7) is 0.394. The summed E-state index contributed by atoms with van der Waals surface area (Å²) in [6, 6.07) is 0. The van der Waals surface area contributed by atoms with Crippen LogP contribution in [0.1, 0.15) is 6.42 Å². The van der Waals surface area contributed by atoms with E-state index in [1.165, 1.54) is 0 Å². The number of nitrogens with two attached hydrogens (primary N) is 2. The molecule has 5 N–H and O–H groups in total. The Labute approximate surface area is 94.6 Å². The van der Waals surface area contributed by atoms with E-state index in [0.29, 0.717) is 13.0 Å². The third-order valence-corrected chi connectivity index (χ3v) is 3.23. The van der Waals surface area contributed by atoms with Crippen LogP contribution in [0, 0.1) is 0 Å². The number of hydrogen-bond acceptors (Lipinski definition) is 7. The molecule has 1 aliphatic heterocycles. The molecule has 1 unspecified atom stereocenters. The molecule has 0 aliphatic carbocycles. The number of rotatable bonds is 2. The lowest BCUT2D eigenvalue weighted by Crippen LogP contribution is -2.18. The zero-order valence-electron chi connectivity index (χ0n) is 8.23. The Balaban J connectivity index is 2.22. The fourth-order valence-electron chi connectivity index (χ4n) is 1.25. The fraction of sp³-hybridized carbons (Fsp3) is 0.375. The number of carbonyl (C=O) groups excluding carboxylic acids is 1. The summed E-state index contributed by atoms with van der Waals surface area (Å²) in [6.07, 6.45) is 0.595. The molecule has 0 saturated carbocycles. The summed E-state index contributed by atoms with van der Waals surface area (Å²) >= 11 is 1.12. The van der Waals surface area contributed by atoms with Crippen molar-refractivity contribution in [3.05, 3.63) is 10.4 Å². The van der Waals surface area contributed by atoms with Crippen molar-refractivity contribution in [1.82, 2.24) is 9.97 Å². The van der Waals surface area contributed by atoms with Gasteiger partial charge in [0.25, 0.3) is 5.56 Å². The van der Waals surface area contributed by atoms with Crippen molar-refractivity contribution in [2.24, 2.45) is 0 Å². The Morgan fingerprint density at radius 3 is 2.75 bits per heavy atom. The molecule has 8 heteroatoms. The highest BCUT2D eigenvalue weighted by Gasteiger charge is 2.28. The minimum absolute atomic E-state index is 0.0300. The molecule has 1 fully saturated rings. The van der Waals surface area contributed by atoms with Crippen molar-refractivity contribution in [2.45, 2.75) is 16.8 Å². The summed E-state index contributed by atoms with van der Waals surface area (Å²) in [5.41, 5.74) is 10.2. The molecule has 0 bridgehead atoms. The Morgan fingerprint density at radius 2 is 2.19 bits per heavy atom. The quantitative estimate of drug-likeness (QED) is 0.464. The molecule has 1 atom stereocenters. The van der Waals surface area contributed by atoms with Gasteiger partial charge in [0.2, 0.25) is 0 Å². The number of hydrogen-bond donors (Lipinski definition) is 3. The molecule has 16 heavy (non-hydrogen) atoms. The molecule has 0 spiro atoms. The normalized spacial score (nSPS) is 19.8. The van der Waals surface area contributed by atoms with E-state index in [0.717, 1.165) is 11.8 Å². The Hall–Kier alpha value is -1.70. The molecule has 1 aromatic rings. The Morgan fingerprint density at radius 1 is 1.44 bits per heavy atom. The maximum Gasteiger partial charge on any atom is 0.319 e. The minimum Gasteiger partial charge on any atom is -0.465 e. The van der Waals surface area contributed by atoms with Gasteiger partial charge in [0.05, 0.1) is 6.61 Å². The van der Waals surface area contributed by atoms with Crippen LogP contribution in [-0.2, 0) is 9.53 Å². The minimum atomic E-state index is -0.499. The first kappa shape index (κ1) is 10.8. The van der Waals surface area contributed by atoms with E-state index in [9.17, 15) is 9.59 Å². The van der Waals surface area contributed by atoms with E-state index in [1.807, 2.05) is 0 Å². The summed E-state index contributed by atoms with van der Waals surface area (Å²) in [5.74, 6) is -0.333. The number of carbonyl (C=O) groups is 1. The maximum absolute atomic E-state index is 11.3. The average molecular weight is 242 g/mol. The molecule has 1 saturated heterocycles. The predicted octanol–water partition coefficient (Wildman–Crippen LogP) is -0.658. The van der Waals surface area contributed by atoms with Crippen LogP contribution in [0.2, 0.25) is 0 Å². The van der Waals surface area contributed by atoms with Crippen molar-refractivity contribution >= 4 is 29.2 Å². The Kier molecular flexibility index (Phi) is 2.73. The number of aromatic amines is 1. The third kappa shape index (κ3) is 1.96. The van der Waals surface area contributed by atoms with Crippen molar-refractivity contribution < 1.29 is 9.53 Å². The number of nitrogen functional groups attached to an aromatic ring is 2. The highest BCUT2D eigenvalue weighted by atomic mass is 32.2. The van der Waals surface area contributed by atoms with Crippen molar-refractivity contribution in [2.75, 3.05) is 18.1 Å². The zero-order valence-corrected chi connectivity index (χ0v) is 9.04. The van der Waals surface area contributed by atoms with Crippen molar-refractivity contribution in [1.29, 1.82) is 0 Å². The van der Waals surface area contributed by atoms with Gasteiger partial charge < -0.3 is 16.2 Å². The number of anilines is 2. The first-order chi connectivity index (χ1) is 7.58. The fourth-order valence-corrected chi connectivity index (χ4v) is 2.20. The molecular weight excluding hydrogens is 232 g/mol. The lowest BCUT2D eigenvalue weighted by molar-refractivity contribution is -0.137. The van der Waals surface area contributed by atoms with Gasteiger partial charge in [-0.1, -0.05) is 11.8 Å². The highest BCUT2D eigenvalue weighted by Crippen LogP contribution is 2.27. The van der Waals surface area contributed by atoms with Gasteiger partial charge in [-0.15, -0.1) is 0 Å². The molecule has 2 heterocycles. The van der Waals surface area contributed by atoms with Gasteiger partial charge in [-0.05, 0) is 0 Å². The summed E-state index contributed by atoms with van der Waals surface area (Å²) in [5, 5.41) is -0.0632. The third-order valence-electron chi connectivity index (χ3n) is 2.10. The highest BCUT2D eigenvalue weighted by molar-refractivity contribution is 8.00. The van der Waals surface area contributed by atoms with Gasteiger partial charge in [0.15, 0.2) is 11.0 Å². The molecule has 1 aromatic heterocycles. The van der Waals surface area contributed by atoms with Crippen molar-refractivity contribution in [3.63, 3.8) is 0 Å². The van der Waals surface area contributed by atoms with Crippen molar-refractivity contribution in [3.8, 4) is 0 Å². The summed E-state index contributed by atoms with van der Waals surface area (Å²) in [7, 11) is 0. The Bertz CT molecular complexity index is 487. The van der Waals surface area contributed by atoms with Gasteiger partial charge in [-0.25, -0.2) is 4.98 Å². The van der Waals surface area contributed by atoms with Gasteiger partial charge in [-0.2, -0.15) is 0 Å². The molecular formula is C8H10N4O3S. The second-order valence-corrected chi connectivity index (χ2v) is 4.42. The second kappa shape index (κ2) is 4.05. The smallest absolute Gasteiger partial charge is 0.319 e. The van der Waals surface area contributed by atoms with Crippen LogP contribution in [0.3, 0.4) is 0 Å². The molecule has 0 radical (unpaired) electrons. The number of H-pyrrole nitrogens is 1. The van der Waals surface area contributed by atoms with Crippen LogP contribution < -0.4 is 17.0 Å². The number of ether oxygens (including phenoxy) is 1. The molecule has 2 rings (SSSR count). The van der Waals surface area contributed by atoms with Gasteiger partial charge in [0.1, 0.15) is 10.9 Å². The van der Waals surface area contributed by atoms with Gasteiger partial charge in [0, 0.05) is 6.42 Å². The van der Waals surface area contributed by atoms with Crippen LogP contribution in [0.25, 0.3) is 0 Å². The monoisotopic (exact) mass is 242 g/mol. The van der Waals surface area contributed by atoms with E-state index in [4.69, 9.17) is 16.2 Å². The molecule has 86 valence electrons. The van der Waals surface area contributed by atoms with Crippen LogP contribution in [0.4, 0.5) is 11.5 Å². The SMILES string of the molecule is Nc1nc(SC2CCOC2=O)[nH]c(=O)c1N. The average Bonchev–Trinajstić information content (AvgIpc) is 2.61. The summed E-state index contributed by atoms with van der Waals surface area (Å²) < 4.78 is 4.79. The lowest BCUT2D eigenvalue weighted by Gasteiger charge is -2.05. The van der Waals surface area contributed by atoms with E-state index in [2.05, 4.69) is 9.97 Å². The van der Waals surface area contributed by atoms with Gasteiger partial charge in [-0.3, -0.25) is 14.6 Å². The van der Waals surface area contributed by atoms with E-state index in [-0.39, 0.29) is 27.9 Å². The van der Waals surface area contributed by atoms with E-state index >= 15 is 0 Å². The molecule has 0 amide bonds. The van der Waals surface area contributed by atoms with Gasteiger partial charge >= 0.3 is 5.97 Å². The lowest BCUT2D eigenvalue weighted by atomic mass is 10.4. The maximum atomic E-state index is 11.3. The van der Waals surface area contributed by atoms with E-state index < -0.39 is 5.56 Å². The molecule has 0 aromatic carbocycles. The van der Waals surface area contributed by atoms with Crippen LogP contribution in [0.15, 0.2) is 9.95 Å². The van der Waals surface area contributed by atoms with Crippen LogP contribution >= 0.6 is 11.8 Å². The van der Waals surface area contributed by atoms with Crippen LogP contribution in [0.5, 0.6) is 0 Å². The molecule has 7 nitrogen and oxygen atoms in total. The topological polar surface area (TPSA) is 124 Å². The number of esters is 1. The summed E-state index contributed by atoms with van der Waals surface area (Å²) in [4.78, 5) is 28.8. The van der Waals surface area contributed by atoms with E-state index in [1.54, 1.807) is 0 Å². The standard InChI is InChI=1S/C8H10N4O3S/c9-4-5(10)11-8(12-6(4)13)16-3-1-2-15-7(3)14/h3H,1-2,9H2,(H3,10,11,12,13). The largest absolute Gasteiger partial charge is 0.465 e. The number of aromatic nitrogens is 2. The predicted molar refractivity (Wildman–Crippen MR) is 58.9 cm³/mol. The number of thioether (sulfide) groups is 1. The number of nitrogens with zero attached hydrogens (tertiary/aromatic N) is 1. The first-order valence-electron chi connectivity index (χ1n) is 4.56. The number of cyclic esters (lactones) is 1. The second-order valence-electron chi connectivity index (χ2n) is 3.23. The first-order valence-corrected chi connectivity index (χ1v) is 5.44. The molecule has 1 aliphatic rings. The number of nitrogens with one attached hydrogen (secondary N) is 1. The van der Waals surface area contributed by atoms with Crippen LogP contribution in [-0.4, -0.2) is 27.8 Å². The zero-order chi connectivity index (χ0) is 11.7.